The Labute approximate surface area is 85.0 Å². The van der Waals surface area contributed by atoms with Crippen molar-refractivity contribution in [2.45, 2.75) is 6.92 Å². The van der Waals surface area contributed by atoms with E-state index in [0.29, 0.717) is 0 Å². The summed E-state index contributed by atoms with van der Waals surface area (Å²) < 4.78 is 1.03. The minimum atomic E-state index is -0.930. The van der Waals surface area contributed by atoms with E-state index >= 15 is 0 Å². The zero-order chi connectivity index (χ0) is 9.84. The molecule has 0 heterocycles. The quantitative estimate of drug-likeness (QED) is 0.808. The molecule has 0 aliphatic carbocycles. The average molecular weight is 241 g/mol. The number of carboxylic acid groups (broad SMARTS) is 1. The molecule has 1 aromatic rings. The topological polar surface area (TPSA) is 37.3 Å². The van der Waals surface area contributed by atoms with Gasteiger partial charge >= 0.3 is 5.97 Å². The van der Waals surface area contributed by atoms with Crippen LogP contribution in [0.15, 0.2) is 28.7 Å². The third-order valence-electron chi connectivity index (χ3n) is 1.60. The van der Waals surface area contributed by atoms with Gasteiger partial charge in [-0.15, -0.1) is 0 Å². The molecule has 0 aliphatic heterocycles. The molecule has 1 aromatic carbocycles. The number of hydrogen-bond acceptors (Lipinski definition) is 1. The molecule has 0 radical (unpaired) electrons. The maximum atomic E-state index is 10.2. The smallest absolute Gasteiger partial charge is 0.328 e. The maximum Gasteiger partial charge on any atom is 0.328 e. The van der Waals surface area contributed by atoms with Gasteiger partial charge in [0, 0.05) is 10.5 Å². The number of benzene rings is 1. The van der Waals surface area contributed by atoms with Crippen molar-refractivity contribution in [2.24, 2.45) is 0 Å². The molecule has 0 bridgehead atoms. The summed E-state index contributed by atoms with van der Waals surface area (Å²) in [5.74, 6) is -0.930. The highest BCUT2D eigenvalue weighted by Gasteiger charge is 1.94. The highest BCUT2D eigenvalue weighted by molar-refractivity contribution is 9.10. The molecule has 0 saturated heterocycles. The van der Waals surface area contributed by atoms with E-state index in [2.05, 4.69) is 15.9 Å². The molecule has 1 rings (SSSR count). The van der Waals surface area contributed by atoms with Crippen molar-refractivity contribution < 1.29 is 9.90 Å². The fraction of sp³-hybridized carbons (Fsp3) is 0.100. The fourth-order valence-electron chi connectivity index (χ4n) is 0.939. The highest BCUT2D eigenvalue weighted by Crippen LogP contribution is 2.17. The first-order valence-electron chi connectivity index (χ1n) is 3.77. The van der Waals surface area contributed by atoms with E-state index < -0.39 is 5.97 Å². The third kappa shape index (κ3) is 3.03. The predicted molar refractivity (Wildman–Crippen MR) is 55.5 cm³/mol. The Kier molecular flexibility index (Phi) is 3.25. The van der Waals surface area contributed by atoms with Crippen LogP contribution in [0.2, 0.25) is 0 Å². The summed E-state index contributed by atoms with van der Waals surface area (Å²) in [4.78, 5) is 10.2. The summed E-state index contributed by atoms with van der Waals surface area (Å²) in [6, 6.07) is 5.68. The van der Waals surface area contributed by atoms with Crippen molar-refractivity contribution in [3.05, 3.63) is 39.9 Å². The Bertz CT molecular complexity index is 356. The fourth-order valence-corrected chi connectivity index (χ4v) is 1.19. The van der Waals surface area contributed by atoms with Gasteiger partial charge in [-0.2, -0.15) is 0 Å². The monoisotopic (exact) mass is 240 g/mol. The van der Waals surface area contributed by atoms with Crippen molar-refractivity contribution in [1.82, 2.24) is 0 Å². The Hall–Kier alpha value is -1.09. The van der Waals surface area contributed by atoms with Crippen LogP contribution >= 0.6 is 15.9 Å². The summed E-state index contributed by atoms with van der Waals surface area (Å²) in [6.45, 7) is 1.96. The lowest BCUT2D eigenvalue weighted by atomic mass is 10.1. The molecule has 0 spiro atoms. The van der Waals surface area contributed by atoms with Gasteiger partial charge in [0.1, 0.15) is 0 Å². The zero-order valence-electron chi connectivity index (χ0n) is 7.12. The standard InChI is InChI=1S/C10H9BrO2/c1-7-6-8(2-4-9(7)11)3-5-10(12)13/h2-6H,1H3,(H,12,13)/b5-3+. The normalized spacial score (nSPS) is 10.6. The first-order chi connectivity index (χ1) is 6.09. The summed E-state index contributed by atoms with van der Waals surface area (Å²) in [7, 11) is 0. The van der Waals surface area contributed by atoms with E-state index in [0.717, 1.165) is 21.7 Å². The largest absolute Gasteiger partial charge is 0.478 e. The summed E-state index contributed by atoms with van der Waals surface area (Å²) in [6.07, 6.45) is 2.70. The van der Waals surface area contributed by atoms with Crippen molar-refractivity contribution >= 4 is 28.0 Å². The molecule has 0 unspecified atom stereocenters. The molecule has 3 heteroatoms. The van der Waals surface area contributed by atoms with Crippen LogP contribution < -0.4 is 0 Å². The molecule has 0 saturated carbocycles. The van der Waals surface area contributed by atoms with E-state index in [-0.39, 0.29) is 0 Å². The number of carboxylic acids is 1. The van der Waals surface area contributed by atoms with Gasteiger partial charge in [-0.05, 0) is 30.2 Å². The molecule has 0 aromatic heterocycles. The van der Waals surface area contributed by atoms with Crippen molar-refractivity contribution in [1.29, 1.82) is 0 Å². The van der Waals surface area contributed by atoms with Gasteiger partial charge in [0.05, 0.1) is 0 Å². The first kappa shape index (κ1) is 9.99. The number of halogens is 1. The number of rotatable bonds is 2. The summed E-state index contributed by atoms with van der Waals surface area (Å²) in [5.41, 5.74) is 1.98. The minimum Gasteiger partial charge on any atom is -0.478 e. The number of carbonyl (C=O) groups is 1. The van der Waals surface area contributed by atoms with E-state index in [4.69, 9.17) is 5.11 Å². The van der Waals surface area contributed by atoms with Gasteiger partial charge < -0.3 is 5.11 Å². The number of aliphatic carboxylic acids is 1. The van der Waals surface area contributed by atoms with Crippen molar-refractivity contribution in [3.63, 3.8) is 0 Å². The molecule has 0 amide bonds. The second-order valence-electron chi connectivity index (χ2n) is 2.68. The van der Waals surface area contributed by atoms with Crippen LogP contribution in [0.3, 0.4) is 0 Å². The maximum absolute atomic E-state index is 10.2. The lowest BCUT2D eigenvalue weighted by Crippen LogP contribution is -1.86. The molecule has 0 aliphatic rings. The zero-order valence-corrected chi connectivity index (χ0v) is 8.71. The van der Waals surface area contributed by atoms with Gasteiger partial charge in [0.25, 0.3) is 0 Å². The van der Waals surface area contributed by atoms with Gasteiger partial charge in [0.2, 0.25) is 0 Å². The molecule has 1 N–H and O–H groups in total. The Morgan fingerprint density at radius 3 is 2.77 bits per heavy atom. The van der Waals surface area contributed by atoms with E-state index in [1.54, 1.807) is 6.08 Å². The average Bonchev–Trinajstić information content (AvgIpc) is 2.07. The van der Waals surface area contributed by atoms with Crippen LogP contribution in [-0.4, -0.2) is 11.1 Å². The lowest BCUT2D eigenvalue weighted by molar-refractivity contribution is -0.131. The van der Waals surface area contributed by atoms with Crippen LogP contribution in [0.4, 0.5) is 0 Å². The van der Waals surface area contributed by atoms with Crippen LogP contribution in [0.5, 0.6) is 0 Å². The van der Waals surface area contributed by atoms with E-state index in [1.807, 2.05) is 25.1 Å². The van der Waals surface area contributed by atoms with Crippen molar-refractivity contribution in [2.75, 3.05) is 0 Å². The molecule has 13 heavy (non-hydrogen) atoms. The molecule has 0 atom stereocenters. The van der Waals surface area contributed by atoms with Crippen LogP contribution in [0.1, 0.15) is 11.1 Å². The Balaban J connectivity index is 2.92. The summed E-state index contributed by atoms with van der Waals surface area (Å²) in [5, 5.41) is 8.40. The summed E-state index contributed by atoms with van der Waals surface area (Å²) >= 11 is 3.37. The molecular formula is C10H9BrO2. The second-order valence-corrected chi connectivity index (χ2v) is 3.53. The Morgan fingerprint density at radius 2 is 2.23 bits per heavy atom. The minimum absolute atomic E-state index is 0.892. The first-order valence-corrected chi connectivity index (χ1v) is 4.56. The van der Waals surface area contributed by atoms with Gasteiger partial charge in [-0.25, -0.2) is 4.79 Å². The van der Waals surface area contributed by atoms with Gasteiger partial charge in [-0.1, -0.05) is 28.1 Å². The van der Waals surface area contributed by atoms with Gasteiger partial charge in [-0.3, -0.25) is 0 Å². The van der Waals surface area contributed by atoms with E-state index in [9.17, 15) is 4.79 Å². The number of hydrogen-bond donors (Lipinski definition) is 1. The highest BCUT2D eigenvalue weighted by atomic mass is 79.9. The second kappa shape index (κ2) is 4.23. The van der Waals surface area contributed by atoms with Crippen LogP contribution in [0.25, 0.3) is 6.08 Å². The number of aryl methyl sites for hydroxylation is 1. The van der Waals surface area contributed by atoms with Crippen LogP contribution in [-0.2, 0) is 4.79 Å². The lowest BCUT2D eigenvalue weighted by Gasteiger charge is -1.98. The molecule has 68 valence electrons. The van der Waals surface area contributed by atoms with Crippen LogP contribution in [0, 0.1) is 6.92 Å². The Morgan fingerprint density at radius 1 is 1.54 bits per heavy atom. The molecule has 0 fully saturated rings. The SMILES string of the molecule is Cc1cc(/C=C/C(=O)O)ccc1Br. The van der Waals surface area contributed by atoms with Gasteiger partial charge in [0.15, 0.2) is 0 Å². The van der Waals surface area contributed by atoms with E-state index in [1.165, 1.54) is 0 Å². The molecule has 2 nitrogen and oxygen atoms in total. The predicted octanol–water partition coefficient (Wildman–Crippen LogP) is 2.86. The third-order valence-corrected chi connectivity index (χ3v) is 2.49. The molecular weight excluding hydrogens is 232 g/mol. The van der Waals surface area contributed by atoms with Crippen molar-refractivity contribution in [3.8, 4) is 0 Å².